The first-order valence-electron chi connectivity index (χ1n) is 7.76. The Kier molecular flexibility index (Phi) is 11.7. The number of alkyl halides is 3. The first-order valence-corrected chi connectivity index (χ1v) is 7.76. The van der Waals surface area contributed by atoms with Crippen molar-refractivity contribution in [3.05, 3.63) is 35.1 Å². The Morgan fingerprint density at radius 2 is 1.92 bits per heavy atom. The molecule has 0 unspecified atom stereocenters. The van der Waals surface area contributed by atoms with Gasteiger partial charge in [-0.15, -0.1) is 24.0 Å². The van der Waals surface area contributed by atoms with Crippen molar-refractivity contribution in [2.75, 3.05) is 26.8 Å². The van der Waals surface area contributed by atoms with Crippen LogP contribution in [0.4, 0.5) is 17.6 Å². The van der Waals surface area contributed by atoms with E-state index in [4.69, 9.17) is 4.74 Å². The molecule has 0 heterocycles. The van der Waals surface area contributed by atoms with Gasteiger partial charge in [0.15, 0.2) is 5.96 Å². The van der Waals surface area contributed by atoms with Crippen LogP contribution in [0.2, 0.25) is 0 Å². The van der Waals surface area contributed by atoms with E-state index in [1.54, 1.807) is 0 Å². The summed E-state index contributed by atoms with van der Waals surface area (Å²) in [5, 5.41) is 5.73. The maximum absolute atomic E-state index is 13.1. The predicted octanol–water partition coefficient (Wildman–Crippen LogP) is 3.94. The molecular formula is C16H24F4IN3O. The van der Waals surface area contributed by atoms with Crippen molar-refractivity contribution in [2.45, 2.75) is 32.5 Å². The van der Waals surface area contributed by atoms with Gasteiger partial charge in [-0.2, -0.15) is 13.2 Å². The van der Waals surface area contributed by atoms with E-state index in [2.05, 4.69) is 22.5 Å². The molecule has 1 rings (SSSR count). The van der Waals surface area contributed by atoms with Crippen molar-refractivity contribution in [3.8, 4) is 0 Å². The van der Waals surface area contributed by atoms with Crippen molar-refractivity contribution >= 4 is 29.9 Å². The molecule has 0 aliphatic rings. The summed E-state index contributed by atoms with van der Waals surface area (Å²) in [6.45, 7) is 3.59. The fourth-order valence-corrected chi connectivity index (χ4v) is 1.96. The number of guanidine groups is 1. The van der Waals surface area contributed by atoms with E-state index in [9.17, 15) is 17.6 Å². The highest BCUT2D eigenvalue weighted by Gasteiger charge is 2.33. The summed E-state index contributed by atoms with van der Waals surface area (Å²) in [5.74, 6) is -0.565. The highest BCUT2D eigenvalue weighted by molar-refractivity contribution is 14.0. The average molecular weight is 477 g/mol. The molecule has 0 bridgehead atoms. The van der Waals surface area contributed by atoms with Crippen molar-refractivity contribution in [1.82, 2.24) is 10.6 Å². The number of nitrogens with one attached hydrogen (secondary N) is 2. The third-order valence-corrected chi connectivity index (χ3v) is 3.23. The van der Waals surface area contributed by atoms with Gasteiger partial charge in [0.05, 0.1) is 12.2 Å². The van der Waals surface area contributed by atoms with Crippen molar-refractivity contribution < 1.29 is 22.3 Å². The molecule has 9 heteroatoms. The van der Waals surface area contributed by atoms with Crippen LogP contribution in [-0.4, -0.2) is 32.8 Å². The highest BCUT2D eigenvalue weighted by Crippen LogP contribution is 2.32. The molecule has 0 aromatic heterocycles. The number of rotatable bonds is 8. The third-order valence-electron chi connectivity index (χ3n) is 3.23. The fourth-order valence-electron chi connectivity index (χ4n) is 1.96. The fraction of sp³-hybridized carbons (Fsp3) is 0.562. The maximum atomic E-state index is 13.1. The van der Waals surface area contributed by atoms with Crippen LogP contribution in [0, 0.1) is 5.82 Å². The standard InChI is InChI=1S/C16H23F4N3O.HI/c1-3-4-8-24-9-7-22-15(21-2)23-11-12-5-6-13(17)10-14(12)16(18,19)20;/h5-6,10H,3-4,7-9,11H2,1-2H3,(H2,21,22,23);1H. The first kappa shape index (κ1) is 23.9. The van der Waals surface area contributed by atoms with Gasteiger partial charge < -0.3 is 15.4 Å². The van der Waals surface area contributed by atoms with Gasteiger partial charge in [-0.05, 0) is 24.1 Å². The number of nitrogens with zero attached hydrogens (tertiary/aromatic N) is 1. The minimum absolute atomic E-state index is 0. The van der Waals surface area contributed by atoms with E-state index in [0.29, 0.717) is 31.8 Å². The Balaban J connectivity index is 0.00000576. The van der Waals surface area contributed by atoms with Gasteiger partial charge in [0.25, 0.3) is 0 Å². The van der Waals surface area contributed by atoms with Crippen LogP contribution < -0.4 is 10.6 Å². The van der Waals surface area contributed by atoms with E-state index >= 15 is 0 Å². The molecule has 0 aliphatic heterocycles. The Morgan fingerprint density at radius 1 is 1.20 bits per heavy atom. The Hall–Kier alpha value is -1.10. The topological polar surface area (TPSA) is 45.6 Å². The molecule has 25 heavy (non-hydrogen) atoms. The van der Waals surface area contributed by atoms with Gasteiger partial charge in [0.2, 0.25) is 0 Å². The van der Waals surface area contributed by atoms with Crippen LogP contribution in [0.5, 0.6) is 0 Å². The van der Waals surface area contributed by atoms with E-state index in [0.717, 1.165) is 25.0 Å². The van der Waals surface area contributed by atoms with Crippen LogP contribution in [-0.2, 0) is 17.5 Å². The number of unbranched alkanes of at least 4 members (excludes halogenated alkanes) is 1. The summed E-state index contributed by atoms with van der Waals surface area (Å²) >= 11 is 0. The zero-order valence-corrected chi connectivity index (χ0v) is 16.6. The Morgan fingerprint density at radius 3 is 2.52 bits per heavy atom. The Bertz CT molecular complexity index is 539. The summed E-state index contributed by atoms with van der Waals surface area (Å²) in [7, 11) is 1.52. The predicted molar refractivity (Wildman–Crippen MR) is 101 cm³/mol. The van der Waals surface area contributed by atoms with Crippen molar-refractivity contribution in [1.29, 1.82) is 0 Å². The van der Waals surface area contributed by atoms with Crippen LogP contribution in [0.3, 0.4) is 0 Å². The maximum Gasteiger partial charge on any atom is 0.416 e. The number of aliphatic imine (C=N–C) groups is 1. The van der Waals surface area contributed by atoms with E-state index in [1.165, 1.54) is 7.05 Å². The third kappa shape index (κ3) is 9.24. The summed E-state index contributed by atoms with van der Waals surface area (Å²) in [4.78, 5) is 3.93. The number of benzene rings is 1. The molecule has 1 aromatic rings. The second-order valence-corrected chi connectivity index (χ2v) is 5.12. The summed E-state index contributed by atoms with van der Waals surface area (Å²) < 4.78 is 57.2. The monoisotopic (exact) mass is 477 g/mol. The molecule has 0 fully saturated rings. The zero-order chi connectivity index (χ0) is 18.0. The summed E-state index contributed by atoms with van der Waals surface area (Å²) in [5.41, 5.74) is -1.04. The Labute approximate surface area is 162 Å². The van der Waals surface area contributed by atoms with Crippen LogP contribution in [0.15, 0.2) is 23.2 Å². The second kappa shape index (κ2) is 12.3. The minimum Gasteiger partial charge on any atom is -0.380 e. The highest BCUT2D eigenvalue weighted by atomic mass is 127. The lowest BCUT2D eigenvalue weighted by molar-refractivity contribution is -0.138. The lowest BCUT2D eigenvalue weighted by Gasteiger charge is -2.16. The van der Waals surface area contributed by atoms with Crippen LogP contribution >= 0.6 is 24.0 Å². The summed E-state index contributed by atoms with van der Waals surface area (Å²) in [6.07, 6.45) is -2.57. The lowest BCUT2D eigenvalue weighted by atomic mass is 10.1. The molecule has 0 saturated heterocycles. The lowest BCUT2D eigenvalue weighted by Crippen LogP contribution is -2.38. The summed E-state index contributed by atoms with van der Waals surface area (Å²) in [6, 6.07) is 2.62. The van der Waals surface area contributed by atoms with Gasteiger partial charge in [0.1, 0.15) is 5.82 Å². The van der Waals surface area contributed by atoms with Gasteiger partial charge >= 0.3 is 6.18 Å². The molecule has 2 N–H and O–H groups in total. The van der Waals surface area contributed by atoms with Gasteiger partial charge in [0, 0.05) is 26.7 Å². The molecule has 4 nitrogen and oxygen atoms in total. The average Bonchev–Trinajstić information content (AvgIpc) is 2.53. The van der Waals surface area contributed by atoms with E-state index < -0.39 is 17.6 Å². The molecule has 0 saturated carbocycles. The SMILES string of the molecule is CCCCOCCNC(=NC)NCc1ccc(F)cc1C(F)(F)F.I. The van der Waals surface area contributed by atoms with Crippen molar-refractivity contribution in [3.63, 3.8) is 0 Å². The molecule has 144 valence electrons. The van der Waals surface area contributed by atoms with Crippen LogP contribution in [0.1, 0.15) is 30.9 Å². The second-order valence-electron chi connectivity index (χ2n) is 5.12. The normalized spacial score (nSPS) is 11.8. The zero-order valence-electron chi connectivity index (χ0n) is 14.3. The van der Waals surface area contributed by atoms with Gasteiger partial charge in [-0.25, -0.2) is 4.39 Å². The number of ether oxygens (including phenoxy) is 1. The minimum atomic E-state index is -4.61. The molecule has 0 amide bonds. The molecule has 1 aromatic carbocycles. The molecular weight excluding hydrogens is 453 g/mol. The number of hydrogen-bond acceptors (Lipinski definition) is 2. The molecule has 0 atom stereocenters. The van der Waals surface area contributed by atoms with Crippen molar-refractivity contribution in [2.24, 2.45) is 4.99 Å². The number of halogens is 5. The van der Waals surface area contributed by atoms with Gasteiger partial charge in [-0.3, -0.25) is 4.99 Å². The van der Waals surface area contributed by atoms with Gasteiger partial charge in [-0.1, -0.05) is 19.4 Å². The van der Waals surface area contributed by atoms with E-state index in [-0.39, 0.29) is 36.1 Å². The smallest absolute Gasteiger partial charge is 0.380 e. The first-order chi connectivity index (χ1) is 11.4. The largest absolute Gasteiger partial charge is 0.416 e. The quantitative estimate of drug-likeness (QED) is 0.196. The number of hydrogen-bond donors (Lipinski definition) is 2. The molecule has 0 radical (unpaired) electrons. The van der Waals surface area contributed by atoms with Crippen LogP contribution in [0.25, 0.3) is 0 Å². The molecule has 0 spiro atoms. The molecule has 0 aliphatic carbocycles. The van der Waals surface area contributed by atoms with E-state index in [1.807, 2.05) is 0 Å².